The van der Waals surface area contributed by atoms with Crippen LogP contribution in [0, 0.1) is 5.92 Å². The summed E-state index contributed by atoms with van der Waals surface area (Å²) in [6.45, 7) is 8.89. The van der Waals surface area contributed by atoms with Crippen LogP contribution >= 0.6 is 0 Å². The normalized spacial score (nSPS) is 19.8. The molecule has 8 nitrogen and oxygen atoms in total. The Labute approximate surface area is 172 Å². The number of esters is 1. The molecule has 1 saturated heterocycles. The van der Waals surface area contributed by atoms with Gasteiger partial charge in [-0.2, -0.15) is 0 Å². The van der Waals surface area contributed by atoms with E-state index >= 15 is 0 Å². The van der Waals surface area contributed by atoms with Crippen LogP contribution in [0.15, 0.2) is 23.1 Å². The molecule has 1 amide bonds. The second-order valence-corrected chi connectivity index (χ2v) is 10.2. The largest absolute Gasteiger partial charge is 0.466 e. The third kappa shape index (κ3) is 5.20. The topological polar surface area (TPSA) is 116 Å². The number of benzene rings is 1. The van der Waals surface area contributed by atoms with E-state index in [1.165, 1.54) is 23.1 Å². The van der Waals surface area contributed by atoms with Gasteiger partial charge in [0.2, 0.25) is 0 Å². The number of sulfone groups is 1. The fourth-order valence-electron chi connectivity index (χ4n) is 3.44. The Balaban J connectivity index is 2.61. The second-order valence-electron chi connectivity index (χ2n) is 7.97. The molecule has 1 aromatic carbocycles. The van der Waals surface area contributed by atoms with Crippen molar-refractivity contribution >= 4 is 27.6 Å². The lowest BCUT2D eigenvalue weighted by Crippen LogP contribution is -2.38. The zero-order valence-electron chi connectivity index (χ0n) is 17.6. The Kier molecular flexibility index (Phi) is 6.82. The summed E-state index contributed by atoms with van der Waals surface area (Å²) in [7, 11) is -3.62. The van der Waals surface area contributed by atoms with Crippen molar-refractivity contribution in [3.63, 3.8) is 0 Å². The molecule has 1 heterocycles. The van der Waals surface area contributed by atoms with Gasteiger partial charge in [-0.3, -0.25) is 4.79 Å². The van der Waals surface area contributed by atoms with Crippen molar-refractivity contribution in [2.45, 2.75) is 57.6 Å². The summed E-state index contributed by atoms with van der Waals surface area (Å²) in [5.41, 5.74) is 5.85. The van der Waals surface area contributed by atoms with Gasteiger partial charge in [-0.25, -0.2) is 13.2 Å². The zero-order valence-corrected chi connectivity index (χ0v) is 18.4. The maximum atomic E-state index is 12.9. The fourth-order valence-corrected chi connectivity index (χ4v) is 4.56. The minimum Gasteiger partial charge on any atom is -0.466 e. The fraction of sp³-hybridized carbons (Fsp3) is 0.600. The highest BCUT2D eigenvalue weighted by Crippen LogP contribution is 2.42. The molecule has 2 atom stereocenters. The molecule has 0 bridgehead atoms. The molecule has 162 valence electrons. The van der Waals surface area contributed by atoms with Crippen LogP contribution < -0.4 is 5.73 Å². The summed E-state index contributed by atoms with van der Waals surface area (Å²) in [6.07, 6.45) is -0.278. The maximum Gasteiger partial charge on any atom is 0.410 e. The van der Waals surface area contributed by atoms with Gasteiger partial charge in [0.1, 0.15) is 5.60 Å². The van der Waals surface area contributed by atoms with Crippen molar-refractivity contribution in [1.29, 1.82) is 0 Å². The lowest BCUT2D eigenvalue weighted by atomic mass is 9.93. The molecule has 1 aromatic rings. The van der Waals surface area contributed by atoms with Crippen LogP contribution in [0.5, 0.6) is 0 Å². The molecule has 0 aliphatic carbocycles. The summed E-state index contributed by atoms with van der Waals surface area (Å²) in [4.78, 5) is 26.9. The SMILES string of the molecule is CCOC(=O)[C@@H]1CCN(C(=O)OC(C)(C)C)[C@H]1c1cc(N)ccc1S(=O)(=O)CC. The van der Waals surface area contributed by atoms with E-state index in [0.29, 0.717) is 17.7 Å². The summed E-state index contributed by atoms with van der Waals surface area (Å²) >= 11 is 0. The molecule has 0 saturated carbocycles. The molecule has 0 aromatic heterocycles. The number of rotatable bonds is 5. The second kappa shape index (κ2) is 8.61. The number of likely N-dealkylation sites (tertiary alicyclic amines) is 1. The van der Waals surface area contributed by atoms with Crippen LogP contribution in [-0.4, -0.2) is 49.9 Å². The molecule has 2 rings (SSSR count). The van der Waals surface area contributed by atoms with Gasteiger partial charge in [0.05, 0.1) is 29.2 Å². The molecule has 0 unspecified atom stereocenters. The number of anilines is 1. The third-order valence-electron chi connectivity index (χ3n) is 4.68. The van der Waals surface area contributed by atoms with Crippen LogP contribution in [0.4, 0.5) is 10.5 Å². The van der Waals surface area contributed by atoms with E-state index in [2.05, 4.69) is 0 Å². The van der Waals surface area contributed by atoms with Crippen LogP contribution in [0.25, 0.3) is 0 Å². The predicted molar refractivity (Wildman–Crippen MR) is 109 cm³/mol. The Hall–Kier alpha value is -2.29. The Bertz CT molecular complexity index is 875. The number of nitrogens with two attached hydrogens (primary N) is 1. The molecule has 29 heavy (non-hydrogen) atoms. The number of carbonyl (C=O) groups is 2. The van der Waals surface area contributed by atoms with Crippen molar-refractivity contribution in [3.05, 3.63) is 23.8 Å². The van der Waals surface area contributed by atoms with Gasteiger partial charge in [0.15, 0.2) is 9.84 Å². The molecular weight excluding hydrogens is 396 g/mol. The number of hydrogen-bond donors (Lipinski definition) is 1. The van der Waals surface area contributed by atoms with Gasteiger partial charge in [-0.1, -0.05) is 6.92 Å². The highest BCUT2D eigenvalue weighted by atomic mass is 32.2. The lowest BCUT2D eigenvalue weighted by Gasteiger charge is -2.31. The standard InChI is InChI=1S/C20H30N2O6S/c1-6-27-18(23)14-10-11-22(19(24)28-20(3,4)5)17(14)15-12-13(21)8-9-16(15)29(25,26)7-2/h8-9,12,14,17H,6-7,10-11,21H2,1-5H3/t14-,17-/m1/s1. The van der Waals surface area contributed by atoms with Crippen LogP contribution in [0.1, 0.15) is 52.6 Å². The minimum atomic E-state index is -3.62. The molecule has 0 spiro atoms. The summed E-state index contributed by atoms with van der Waals surface area (Å²) in [6, 6.07) is 3.60. The number of ether oxygens (including phenoxy) is 2. The van der Waals surface area contributed by atoms with Crippen LogP contribution in [0.2, 0.25) is 0 Å². The van der Waals surface area contributed by atoms with Gasteiger partial charge in [0.25, 0.3) is 0 Å². The predicted octanol–water partition coefficient (Wildman–Crippen LogP) is 2.92. The summed E-state index contributed by atoms with van der Waals surface area (Å²) < 4.78 is 36.1. The number of amides is 1. The first-order valence-corrected chi connectivity index (χ1v) is 11.3. The molecular formula is C20H30N2O6S. The molecule has 1 aliphatic heterocycles. The Morgan fingerprint density at radius 1 is 1.24 bits per heavy atom. The van der Waals surface area contributed by atoms with E-state index in [0.717, 1.165) is 0 Å². The van der Waals surface area contributed by atoms with Crippen molar-refractivity contribution in [1.82, 2.24) is 4.90 Å². The monoisotopic (exact) mass is 426 g/mol. The lowest BCUT2D eigenvalue weighted by molar-refractivity contribution is -0.148. The number of nitrogen functional groups attached to an aromatic ring is 1. The highest BCUT2D eigenvalue weighted by Gasteiger charge is 2.46. The number of nitrogens with zero attached hydrogens (tertiary/aromatic N) is 1. The zero-order chi connectivity index (χ0) is 22.0. The van der Waals surface area contributed by atoms with Crippen LogP contribution in [0.3, 0.4) is 0 Å². The first-order valence-electron chi connectivity index (χ1n) is 9.69. The smallest absolute Gasteiger partial charge is 0.410 e. The first kappa shape index (κ1) is 23.0. The van der Waals surface area contributed by atoms with E-state index < -0.39 is 39.5 Å². The molecule has 0 radical (unpaired) electrons. The maximum absolute atomic E-state index is 12.9. The van der Waals surface area contributed by atoms with Crippen molar-refractivity contribution in [2.24, 2.45) is 5.92 Å². The minimum absolute atomic E-state index is 0.0592. The molecule has 9 heteroatoms. The summed E-state index contributed by atoms with van der Waals surface area (Å²) in [5.74, 6) is -1.31. The van der Waals surface area contributed by atoms with Gasteiger partial charge >= 0.3 is 12.1 Å². The van der Waals surface area contributed by atoms with Crippen LogP contribution in [-0.2, 0) is 24.1 Å². The highest BCUT2D eigenvalue weighted by molar-refractivity contribution is 7.91. The van der Waals surface area contributed by atoms with E-state index in [4.69, 9.17) is 15.2 Å². The molecule has 2 N–H and O–H groups in total. The Morgan fingerprint density at radius 3 is 2.45 bits per heavy atom. The number of hydrogen-bond acceptors (Lipinski definition) is 7. The quantitative estimate of drug-likeness (QED) is 0.568. The third-order valence-corrected chi connectivity index (χ3v) is 6.48. The van der Waals surface area contributed by atoms with Crippen molar-refractivity contribution in [2.75, 3.05) is 24.6 Å². The van der Waals surface area contributed by atoms with Gasteiger partial charge in [-0.05, 0) is 57.9 Å². The first-order chi connectivity index (χ1) is 13.4. The van der Waals surface area contributed by atoms with E-state index in [9.17, 15) is 18.0 Å². The van der Waals surface area contributed by atoms with E-state index in [-0.39, 0.29) is 23.8 Å². The van der Waals surface area contributed by atoms with Crippen molar-refractivity contribution < 1.29 is 27.5 Å². The Morgan fingerprint density at radius 2 is 1.90 bits per heavy atom. The van der Waals surface area contributed by atoms with Crippen molar-refractivity contribution in [3.8, 4) is 0 Å². The summed E-state index contributed by atoms with van der Waals surface area (Å²) in [5, 5.41) is 0. The van der Waals surface area contributed by atoms with Gasteiger partial charge in [-0.15, -0.1) is 0 Å². The average Bonchev–Trinajstić information content (AvgIpc) is 3.05. The average molecular weight is 427 g/mol. The van der Waals surface area contributed by atoms with Gasteiger partial charge < -0.3 is 20.1 Å². The number of carbonyl (C=O) groups excluding carboxylic acids is 2. The van der Waals surface area contributed by atoms with E-state index in [1.807, 2.05) is 0 Å². The molecule has 1 aliphatic rings. The van der Waals surface area contributed by atoms with Gasteiger partial charge in [0, 0.05) is 12.2 Å². The van der Waals surface area contributed by atoms with E-state index in [1.54, 1.807) is 34.6 Å². The molecule has 1 fully saturated rings.